The molecule has 1 heterocycles. The number of nitrogens with one attached hydrogen (secondary N) is 1. The van der Waals surface area contributed by atoms with Crippen molar-refractivity contribution in [2.24, 2.45) is 0 Å². The van der Waals surface area contributed by atoms with Crippen molar-refractivity contribution in [2.45, 2.75) is 18.9 Å². The molecule has 0 aliphatic heterocycles. The number of hydrogen-bond donors (Lipinski definition) is 3. The normalized spacial score (nSPS) is 11.3. The van der Waals surface area contributed by atoms with Gasteiger partial charge in [-0.2, -0.15) is 0 Å². The first kappa shape index (κ1) is 14.1. The summed E-state index contributed by atoms with van der Waals surface area (Å²) in [5.41, 5.74) is -0.626. The second-order valence-corrected chi connectivity index (χ2v) is 4.50. The first-order valence-electron chi connectivity index (χ1n) is 5.23. The van der Waals surface area contributed by atoms with E-state index in [-0.39, 0.29) is 19.1 Å². The zero-order valence-electron chi connectivity index (χ0n) is 9.48. The van der Waals surface area contributed by atoms with Gasteiger partial charge in [0.1, 0.15) is 4.60 Å². The van der Waals surface area contributed by atoms with Crippen LogP contribution >= 0.6 is 15.9 Å². The lowest BCUT2D eigenvalue weighted by molar-refractivity contribution is 0.0652. The Labute approximate surface area is 108 Å². The van der Waals surface area contributed by atoms with E-state index < -0.39 is 5.54 Å². The number of hydrogen-bond acceptors (Lipinski definition) is 4. The van der Waals surface area contributed by atoms with Crippen LogP contribution in [0.2, 0.25) is 0 Å². The van der Waals surface area contributed by atoms with Crippen LogP contribution in [0.3, 0.4) is 0 Å². The third-order valence-corrected chi connectivity index (χ3v) is 3.30. The zero-order chi connectivity index (χ0) is 12.9. The SMILES string of the molecule is CCC(CO)(CO)NC(=O)c1cccnc1Br. The average Bonchev–Trinajstić information content (AvgIpc) is 2.36. The molecule has 1 amide bonds. The van der Waals surface area contributed by atoms with Crippen LogP contribution in [-0.2, 0) is 0 Å². The van der Waals surface area contributed by atoms with Gasteiger partial charge in [-0.15, -0.1) is 0 Å². The summed E-state index contributed by atoms with van der Waals surface area (Å²) in [7, 11) is 0. The number of amides is 1. The molecule has 0 atom stereocenters. The van der Waals surface area contributed by atoms with E-state index in [2.05, 4.69) is 26.2 Å². The molecule has 0 aliphatic carbocycles. The average molecular weight is 303 g/mol. The summed E-state index contributed by atoms with van der Waals surface area (Å²) in [5, 5.41) is 21.1. The van der Waals surface area contributed by atoms with Gasteiger partial charge in [-0.05, 0) is 34.5 Å². The smallest absolute Gasteiger partial charge is 0.254 e. The van der Waals surface area contributed by atoms with Gasteiger partial charge < -0.3 is 15.5 Å². The molecule has 0 bridgehead atoms. The van der Waals surface area contributed by atoms with E-state index in [9.17, 15) is 15.0 Å². The molecule has 17 heavy (non-hydrogen) atoms. The Hall–Kier alpha value is -0.980. The molecule has 1 aromatic rings. The van der Waals surface area contributed by atoms with Crippen LogP contribution in [0.15, 0.2) is 22.9 Å². The summed E-state index contributed by atoms with van der Waals surface area (Å²) in [5.74, 6) is -0.380. The number of carbonyl (C=O) groups is 1. The third kappa shape index (κ3) is 3.24. The van der Waals surface area contributed by atoms with Crippen molar-refractivity contribution in [3.05, 3.63) is 28.5 Å². The number of aliphatic hydroxyl groups is 2. The van der Waals surface area contributed by atoms with Gasteiger partial charge in [-0.25, -0.2) is 4.98 Å². The fourth-order valence-corrected chi connectivity index (χ4v) is 1.74. The Morgan fingerprint density at radius 3 is 2.65 bits per heavy atom. The first-order chi connectivity index (χ1) is 8.08. The topological polar surface area (TPSA) is 82.5 Å². The van der Waals surface area contributed by atoms with Gasteiger partial charge in [0, 0.05) is 6.20 Å². The van der Waals surface area contributed by atoms with E-state index in [0.717, 1.165) is 0 Å². The van der Waals surface area contributed by atoms with Crippen LogP contribution in [0.1, 0.15) is 23.7 Å². The van der Waals surface area contributed by atoms with Crippen molar-refractivity contribution in [1.29, 1.82) is 0 Å². The van der Waals surface area contributed by atoms with Crippen molar-refractivity contribution >= 4 is 21.8 Å². The minimum absolute atomic E-state index is 0.316. The molecule has 0 spiro atoms. The standard InChI is InChI=1S/C11H15BrN2O3/c1-2-11(6-15,7-16)14-10(17)8-4-3-5-13-9(8)12/h3-5,15-16H,2,6-7H2,1H3,(H,14,17). The molecule has 0 fully saturated rings. The summed E-state index contributed by atoms with van der Waals surface area (Å²) in [4.78, 5) is 15.9. The molecule has 5 nitrogen and oxygen atoms in total. The zero-order valence-corrected chi connectivity index (χ0v) is 11.1. The van der Waals surface area contributed by atoms with E-state index in [1.807, 2.05) is 0 Å². The molecule has 0 saturated heterocycles. The Kier molecular flexibility index (Phi) is 5.04. The predicted octanol–water partition coefficient (Wildman–Crippen LogP) is 0.707. The molecule has 3 N–H and O–H groups in total. The number of nitrogens with zero attached hydrogens (tertiary/aromatic N) is 1. The molecule has 0 aromatic carbocycles. The van der Waals surface area contributed by atoms with E-state index in [1.165, 1.54) is 0 Å². The lowest BCUT2D eigenvalue weighted by Gasteiger charge is -2.29. The number of pyridine rings is 1. The van der Waals surface area contributed by atoms with Gasteiger partial charge >= 0.3 is 0 Å². The maximum absolute atomic E-state index is 12.0. The maximum atomic E-state index is 12.0. The van der Waals surface area contributed by atoms with Crippen molar-refractivity contribution in [2.75, 3.05) is 13.2 Å². The van der Waals surface area contributed by atoms with Gasteiger partial charge in [-0.3, -0.25) is 4.79 Å². The van der Waals surface area contributed by atoms with Gasteiger partial charge in [-0.1, -0.05) is 6.92 Å². The van der Waals surface area contributed by atoms with Gasteiger partial charge in [0.25, 0.3) is 5.91 Å². The van der Waals surface area contributed by atoms with E-state index in [1.54, 1.807) is 25.3 Å². The van der Waals surface area contributed by atoms with Gasteiger partial charge in [0.2, 0.25) is 0 Å². The Morgan fingerprint density at radius 2 is 2.18 bits per heavy atom. The maximum Gasteiger partial charge on any atom is 0.254 e. The second kappa shape index (κ2) is 6.09. The van der Waals surface area contributed by atoms with Crippen LogP contribution in [0.4, 0.5) is 0 Å². The van der Waals surface area contributed by atoms with E-state index in [0.29, 0.717) is 16.6 Å². The van der Waals surface area contributed by atoms with Crippen molar-refractivity contribution in [3.8, 4) is 0 Å². The van der Waals surface area contributed by atoms with Crippen LogP contribution in [0, 0.1) is 0 Å². The monoisotopic (exact) mass is 302 g/mol. The third-order valence-electron chi connectivity index (χ3n) is 2.66. The Balaban J connectivity index is 2.89. The lowest BCUT2D eigenvalue weighted by Crippen LogP contribution is -2.53. The number of aromatic nitrogens is 1. The number of halogens is 1. The highest BCUT2D eigenvalue weighted by atomic mass is 79.9. The summed E-state index contributed by atoms with van der Waals surface area (Å²) in [6.45, 7) is 1.15. The molecule has 0 saturated carbocycles. The van der Waals surface area contributed by atoms with Crippen LogP contribution < -0.4 is 5.32 Å². The largest absolute Gasteiger partial charge is 0.394 e. The Morgan fingerprint density at radius 1 is 1.53 bits per heavy atom. The molecule has 94 valence electrons. The molecule has 1 rings (SSSR count). The fourth-order valence-electron chi connectivity index (χ4n) is 1.30. The highest BCUT2D eigenvalue weighted by Gasteiger charge is 2.29. The van der Waals surface area contributed by atoms with Crippen LogP contribution in [0.25, 0.3) is 0 Å². The van der Waals surface area contributed by atoms with Crippen LogP contribution in [-0.4, -0.2) is 39.9 Å². The molecule has 0 aliphatic rings. The van der Waals surface area contributed by atoms with Crippen molar-refractivity contribution in [3.63, 3.8) is 0 Å². The highest BCUT2D eigenvalue weighted by Crippen LogP contribution is 2.15. The lowest BCUT2D eigenvalue weighted by atomic mass is 9.98. The molecule has 6 heteroatoms. The second-order valence-electron chi connectivity index (χ2n) is 3.75. The summed E-state index contributed by atoms with van der Waals surface area (Å²) < 4.78 is 0.429. The number of aliphatic hydroxyl groups excluding tert-OH is 2. The highest BCUT2D eigenvalue weighted by molar-refractivity contribution is 9.10. The van der Waals surface area contributed by atoms with Gasteiger partial charge in [0.15, 0.2) is 0 Å². The summed E-state index contributed by atoms with van der Waals surface area (Å²) >= 11 is 3.17. The van der Waals surface area contributed by atoms with Crippen molar-refractivity contribution in [1.82, 2.24) is 10.3 Å². The molecular weight excluding hydrogens is 288 g/mol. The number of carbonyl (C=O) groups excluding carboxylic acids is 1. The predicted molar refractivity (Wildman–Crippen MR) is 66.6 cm³/mol. The van der Waals surface area contributed by atoms with Crippen LogP contribution in [0.5, 0.6) is 0 Å². The minimum Gasteiger partial charge on any atom is -0.394 e. The molecule has 0 unspecified atom stereocenters. The van der Waals surface area contributed by atoms with E-state index in [4.69, 9.17) is 0 Å². The molecular formula is C11H15BrN2O3. The van der Waals surface area contributed by atoms with Gasteiger partial charge in [0.05, 0.1) is 24.3 Å². The fraction of sp³-hybridized carbons (Fsp3) is 0.455. The minimum atomic E-state index is -0.994. The quantitative estimate of drug-likeness (QED) is 0.700. The Bertz CT molecular complexity index is 386. The van der Waals surface area contributed by atoms with E-state index >= 15 is 0 Å². The summed E-state index contributed by atoms with van der Waals surface area (Å²) in [6, 6.07) is 3.26. The number of rotatable bonds is 5. The van der Waals surface area contributed by atoms with Crippen molar-refractivity contribution < 1.29 is 15.0 Å². The first-order valence-corrected chi connectivity index (χ1v) is 6.02. The molecule has 0 radical (unpaired) electrons. The summed E-state index contributed by atoms with van der Waals surface area (Å²) in [6.07, 6.45) is 2.00. The molecule has 1 aromatic heterocycles.